The van der Waals surface area contributed by atoms with Gasteiger partial charge in [0, 0.05) is 25.2 Å². The summed E-state index contributed by atoms with van der Waals surface area (Å²) < 4.78 is 10.0. The van der Waals surface area contributed by atoms with Gasteiger partial charge in [-0.25, -0.2) is 0 Å². The number of nitrogens with zero attached hydrogens (tertiary/aromatic N) is 2. The van der Waals surface area contributed by atoms with Crippen LogP contribution < -0.4 is 4.74 Å². The van der Waals surface area contributed by atoms with Crippen LogP contribution in [0.5, 0.6) is 5.75 Å². The van der Waals surface area contributed by atoms with Crippen molar-refractivity contribution >= 4 is 11.9 Å². The van der Waals surface area contributed by atoms with E-state index >= 15 is 0 Å². The molecule has 1 amide bonds. The van der Waals surface area contributed by atoms with Crippen molar-refractivity contribution in [3.8, 4) is 5.75 Å². The lowest BCUT2D eigenvalue weighted by Crippen LogP contribution is -2.38. The molecule has 0 saturated carbocycles. The quantitative estimate of drug-likeness (QED) is 0.647. The largest absolute Gasteiger partial charge is 0.497 e. The molecule has 1 rings (SSSR count). The minimum Gasteiger partial charge on any atom is -0.497 e. The minimum atomic E-state index is -0.287. The molecule has 0 N–H and O–H groups in total. The standard InChI is InChI=1S/C17H26N2O4/c1-5-23-16(20)10-11-19(13-12-18(2)3)17(21)14-6-8-15(22-4)9-7-14/h6-9H,5,10-13H2,1-4H3. The number of hydrogen-bond donors (Lipinski definition) is 0. The Morgan fingerprint density at radius 3 is 2.22 bits per heavy atom. The van der Waals surface area contributed by atoms with E-state index in [-0.39, 0.29) is 18.3 Å². The van der Waals surface area contributed by atoms with Crippen LogP contribution in [0.3, 0.4) is 0 Å². The maximum Gasteiger partial charge on any atom is 0.307 e. The number of hydrogen-bond acceptors (Lipinski definition) is 5. The van der Waals surface area contributed by atoms with Crippen molar-refractivity contribution < 1.29 is 19.1 Å². The van der Waals surface area contributed by atoms with Gasteiger partial charge in [0.05, 0.1) is 20.1 Å². The maximum absolute atomic E-state index is 12.6. The van der Waals surface area contributed by atoms with Crippen molar-refractivity contribution in [1.82, 2.24) is 9.80 Å². The SMILES string of the molecule is CCOC(=O)CCN(CCN(C)C)C(=O)c1ccc(OC)cc1. The molecular formula is C17H26N2O4. The molecule has 0 aliphatic rings. The van der Waals surface area contributed by atoms with Crippen LogP contribution in [-0.4, -0.2) is 69.1 Å². The molecule has 6 heteroatoms. The number of carbonyl (C=O) groups is 2. The Morgan fingerprint density at radius 1 is 1.04 bits per heavy atom. The molecule has 1 aromatic rings. The monoisotopic (exact) mass is 322 g/mol. The van der Waals surface area contributed by atoms with Crippen LogP contribution in [0, 0.1) is 0 Å². The summed E-state index contributed by atoms with van der Waals surface area (Å²) in [6, 6.07) is 6.97. The highest BCUT2D eigenvalue weighted by molar-refractivity contribution is 5.94. The fourth-order valence-corrected chi connectivity index (χ4v) is 2.01. The molecule has 0 bridgehead atoms. The highest BCUT2D eigenvalue weighted by atomic mass is 16.5. The van der Waals surface area contributed by atoms with E-state index in [1.165, 1.54) is 0 Å². The zero-order valence-electron chi connectivity index (χ0n) is 14.4. The number of amides is 1. The average Bonchev–Trinajstić information content (AvgIpc) is 2.54. The summed E-state index contributed by atoms with van der Waals surface area (Å²) in [5, 5.41) is 0. The number of likely N-dealkylation sites (N-methyl/N-ethyl adjacent to an activating group) is 1. The summed E-state index contributed by atoms with van der Waals surface area (Å²) >= 11 is 0. The number of carbonyl (C=O) groups excluding carboxylic acids is 2. The number of methoxy groups -OCH3 is 1. The number of ether oxygens (including phenoxy) is 2. The van der Waals surface area contributed by atoms with E-state index in [1.54, 1.807) is 43.2 Å². The molecule has 0 unspecified atom stereocenters. The predicted octanol–water partition coefficient (Wildman–Crippen LogP) is 1.65. The van der Waals surface area contributed by atoms with Crippen molar-refractivity contribution in [1.29, 1.82) is 0 Å². The van der Waals surface area contributed by atoms with E-state index in [2.05, 4.69) is 0 Å². The molecule has 23 heavy (non-hydrogen) atoms. The third-order valence-corrected chi connectivity index (χ3v) is 3.33. The van der Waals surface area contributed by atoms with E-state index < -0.39 is 0 Å². The molecule has 0 spiro atoms. The minimum absolute atomic E-state index is 0.0983. The topological polar surface area (TPSA) is 59.1 Å². The molecule has 1 aromatic carbocycles. The highest BCUT2D eigenvalue weighted by Crippen LogP contribution is 2.13. The fourth-order valence-electron chi connectivity index (χ4n) is 2.01. The van der Waals surface area contributed by atoms with E-state index in [9.17, 15) is 9.59 Å². The first-order valence-electron chi connectivity index (χ1n) is 7.71. The lowest BCUT2D eigenvalue weighted by molar-refractivity contribution is -0.143. The molecule has 128 valence electrons. The van der Waals surface area contributed by atoms with Crippen LogP contribution >= 0.6 is 0 Å². The second kappa shape index (κ2) is 9.84. The van der Waals surface area contributed by atoms with Crippen molar-refractivity contribution in [3.05, 3.63) is 29.8 Å². The van der Waals surface area contributed by atoms with Gasteiger partial charge in [0.15, 0.2) is 0 Å². The van der Waals surface area contributed by atoms with Gasteiger partial charge in [-0.3, -0.25) is 9.59 Å². The molecule has 0 fully saturated rings. The van der Waals surface area contributed by atoms with E-state index in [0.29, 0.717) is 31.0 Å². The Kier molecular flexibility index (Phi) is 8.11. The molecule has 0 aliphatic heterocycles. The molecule has 0 saturated heterocycles. The first-order chi connectivity index (χ1) is 11.0. The van der Waals surface area contributed by atoms with Gasteiger partial charge in [-0.1, -0.05) is 0 Å². The van der Waals surface area contributed by atoms with Crippen LogP contribution in [0.4, 0.5) is 0 Å². The van der Waals surface area contributed by atoms with Gasteiger partial charge in [0.25, 0.3) is 5.91 Å². The van der Waals surface area contributed by atoms with Gasteiger partial charge in [-0.05, 0) is 45.3 Å². The normalized spacial score (nSPS) is 10.5. The zero-order chi connectivity index (χ0) is 17.2. The molecular weight excluding hydrogens is 296 g/mol. The number of esters is 1. The summed E-state index contributed by atoms with van der Waals surface area (Å²) in [6.07, 6.45) is 0.198. The summed E-state index contributed by atoms with van der Waals surface area (Å²) in [5.41, 5.74) is 0.577. The third kappa shape index (κ3) is 6.69. The Bertz CT molecular complexity index is 500. The fraction of sp³-hybridized carbons (Fsp3) is 0.529. The average molecular weight is 322 g/mol. The summed E-state index contributed by atoms with van der Waals surface area (Å²) in [5.74, 6) is 0.316. The van der Waals surface area contributed by atoms with Gasteiger partial charge >= 0.3 is 5.97 Å². The van der Waals surface area contributed by atoms with Crippen molar-refractivity contribution in [2.45, 2.75) is 13.3 Å². The van der Waals surface area contributed by atoms with Gasteiger partial charge < -0.3 is 19.3 Å². The van der Waals surface area contributed by atoms with Gasteiger partial charge in [-0.15, -0.1) is 0 Å². The predicted molar refractivity (Wildman–Crippen MR) is 88.7 cm³/mol. The molecule has 0 heterocycles. The molecule has 0 radical (unpaired) electrons. The Morgan fingerprint density at radius 2 is 1.70 bits per heavy atom. The van der Waals surface area contributed by atoms with Crippen molar-refractivity contribution in [2.75, 3.05) is 47.4 Å². The van der Waals surface area contributed by atoms with Crippen molar-refractivity contribution in [2.24, 2.45) is 0 Å². The van der Waals surface area contributed by atoms with Crippen molar-refractivity contribution in [3.63, 3.8) is 0 Å². The second-order valence-corrected chi connectivity index (χ2v) is 5.38. The third-order valence-electron chi connectivity index (χ3n) is 3.33. The Balaban J connectivity index is 2.75. The molecule has 0 atom stereocenters. The second-order valence-electron chi connectivity index (χ2n) is 5.38. The van der Waals surface area contributed by atoms with Gasteiger partial charge in [0.1, 0.15) is 5.75 Å². The molecule has 0 aromatic heterocycles. The van der Waals surface area contributed by atoms with Crippen LogP contribution in [0.1, 0.15) is 23.7 Å². The summed E-state index contributed by atoms with van der Waals surface area (Å²) in [7, 11) is 5.47. The van der Waals surface area contributed by atoms with Crippen LogP contribution in [0.15, 0.2) is 24.3 Å². The lowest BCUT2D eigenvalue weighted by Gasteiger charge is -2.24. The molecule has 0 aliphatic carbocycles. The van der Waals surface area contributed by atoms with Crippen LogP contribution in [0.2, 0.25) is 0 Å². The Labute approximate surface area is 138 Å². The number of benzene rings is 1. The summed E-state index contributed by atoms with van der Waals surface area (Å²) in [4.78, 5) is 27.9. The van der Waals surface area contributed by atoms with Crippen LogP contribution in [-0.2, 0) is 9.53 Å². The lowest BCUT2D eigenvalue weighted by atomic mass is 10.2. The zero-order valence-corrected chi connectivity index (χ0v) is 14.4. The van der Waals surface area contributed by atoms with Gasteiger partial charge in [0.2, 0.25) is 0 Å². The highest BCUT2D eigenvalue weighted by Gasteiger charge is 2.17. The maximum atomic E-state index is 12.6. The van der Waals surface area contributed by atoms with Crippen LogP contribution in [0.25, 0.3) is 0 Å². The van der Waals surface area contributed by atoms with E-state index in [0.717, 1.165) is 6.54 Å². The number of rotatable bonds is 9. The first kappa shape index (κ1) is 19.0. The van der Waals surface area contributed by atoms with Gasteiger partial charge in [-0.2, -0.15) is 0 Å². The Hall–Kier alpha value is -2.08. The van der Waals surface area contributed by atoms with E-state index in [4.69, 9.17) is 9.47 Å². The molecule has 6 nitrogen and oxygen atoms in total. The smallest absolute Gasteiger partial charge is 0.307 e. The first-order valence-corrected chi connectivity index (χ1v) is 7.71. The summed E-state index contributed by atoms with van der Waals surface area (Å²) in [6.45, 7) is 3.74. The van der Waals surface area contributed by atoms with E-state index in [1.807, 2.05) is 19.0 Å².